The molecule has 0 radical (unpaired) electrons. The minimum atomic E-state index is 0.0219. The molecular formula is C16H13Br2NOS. The standard InChI is InChI=1S/C16H13Br2NOS/c1-10-8-11(6-7-13(10)17)19-15(20)9-21-16(19)12-4-2-3-5-14(12)18/h2-8,16H,9H2,1H3. The summed E-state index contributed by atoms with van der Waals surface area (Å²) in [5.41, 5.74) is 3.21. The van der Waals surface area contributed by atoms with Gasteiger partial charge in [-0.25, -0.2) is 0 Å². The van der Waals surface area contributed by atoms with Crippen LogP contribution in [0.3, 0.4) is 0 Å². The van der Waals surface area contributed by atoms with Crippen molar-refractivity contribution in [1.29, 1.82) is 0 Å². The van der Waals surface area contributed by atoms with E-state index in [-0.39, 0.29) is 11.3 Å². The van der Waals surface area contributed by atoms with Gasteiger partial charge in [0.2, 0.25) is 5.91 Å². The molecule has 0 bridgehead atoms. The second kappa shape index (κ2) is 6.15. The van der Waals surface area contributed by atoms with Crippen LogP contribution in [0.15, 0.2) is 51.4 Å². The second-order valence-electron chi connectivity index (χ2n) is 4.88. The van der Waals surface area contributed by atoms with E-state index in [1.807, 2.05) is 42.2 Å². The van der Waals surface area contributed by atoms with Gasteiger partial charge in [0.15, 0.2) is 0 Å². The molecule has 1 heterocycles. The highest BCUT2D eigenvalue weighted by Crippen LogP contribution is 2.44. The maximum absolute atomic E-state index is 12.3. The van der Waals surface area contributed by atoms with Gasteiger partial charge in [-0.2, -0.15) is 0 Å². The number of rotatable bonds is 2. The van der Waals surface area contributed by atoms with Crippen molar-refractivity contribution in [3.63, 3.8) is 0 Å². The van der Waals surface area contributed by atoms with Gasteiger partial charge in [-0.15, -0.1) is 11.8 Å². The van der Waals surface area contributed by atoms with Crippen LogP contribution in [0, 0.1) is 6.92 Å². The molecule has 1 aliphatic heterocycles. The Kier molecular flexibility index (Phi) is 4.43. The maximum atomic E-state index is 12.3. The first kappa shape index (κ1) is 15.1. The lowest BCUT2D eigenvalue weighted by Crippen LogP contribution is -2.28. The van der Waals surface area contributed by atoms with Crippen molar-refractivity contribution in [2.24, 2.45) is 0 Å². The summed E-state index contributed by atoms with van der Waals surface area (Å²) in [6.45, 7) is 2.04. The molecule has 2 nitrogen and oxygen atoms in total. The van der Waals surface area contributed by atoms with E-state index in [1.54, 1.807) is 11.8 Å². The van der Waals surface area contributed by atoms with Crippen LogP contribution in [0.2, 0.25) is 0 Å². The summed E-state index contributed by atoms with van der Waals surface area (Å²) in [4.78, 5) is 14.2. The normalized spacial score (nSPS) is 18.3. The average Bonchev–Trinajstić information content (AvgIpc) is 2.84. The molecule has 2 aromatic carbocycles. The van der Waals surface area contributed by atoms with Crippen LogP contribution in [0.4, 0.5) is 5.69 Å². The third-order valence-electron chi connectivity index (χ3n) is 3.46. The van der Waals surface area contributed by atoms with Crippen LogP contribution in [-0.2, 0) is 4.79 Å². The van der Waals surface area contributed by atoms with Crippen molar-refractivity contribution in [1.82, 2.24) is 0 Å². The topological polar surface area (TPSA) is 20.3 Å². The number of hydrogen-bond donors (Lipinski definition) is 0. The zero-order valence-electron chi connectivity index (χ0n) is 11.3. The molecule has 0 aliphatic carbocycles. The molecule has 1 unspecified atom stereocenters. The van der Waals surface area contributed by atoms with E-state index in [1.165, 1.54) is 0 Å². The number of aryl methyl sites for hydroxylation is 1. The Morgan fingerprint density at radius 2 is 1.90 bits per heavy atom. The molecule has 0 aromatic heterocycles. The Morgan fingerprint density at radius 3 is 2.62 bits per heavy atom. The zero-order valence-corrected chi connectivity index (χ0v) is 15.3. The number of hydrogen-bond acceptors (Lipinski definition) is 2. The lowest BCUT2D eigenvalue weighted by Gasteiger charge is -2.25. The molecule has 0 N–H and O–H groups in total. The Hall–Kier alpha value is -0.780. The molecule has 1 atom stereocenters. The van der Waals surface area contributed by atoms with E-state index < -0.39 is 0 Å². The van der Waals surface area contributed by atoms with E-state index in [0.29, 0.717) is 5.75 Å². The first-order chi connectivity index (χ1) is 10.1. The summed E-state index contributed by atoms with van der Waals surface area (Å²) in [7, 11) is 0. The fourth-order valence-corrected chi connectivity index (χ4v) is 4.50. The van der Waals surface area contributed by atoms with Gasteiger partial charge in [0, 0.05) is 14.6 Å². The number of halogens is 2. The smallest absolute Gasteiger partial charge is 0.238 e. The quantitative estimate of drug-likeness (QED) is 0.649. The highest BCUT2D eigenvalue weighted by molar-refractivity contribution is 9.10. The monoisotopic (exact) mass is 425 g/mol. The summed E-state index contributed by atoms with van der Waals surface area (Å²) < 4.78 is 2.10. The van der Waals surface area contributed by atoms with Gasteiger partial charge in [0.05, 0.1) is 5.75 Å². The number of nitrogens with zero attached hydrogens (tertiary/aromatic N) is 1. The van der Waals surface area contributed by atoms with Crippen LogP contribution in [-0.4, -0.2) is 11.7 Å². The van der Waals surface area contributed by atoms with E-state index in [2.05, 4.69) is 44.0 Å². The van der Waals surface area contributed by atoms with Gasteiger partial charge < -0.3 is 0 Å². The third-order valence-corrected chi connectivity index (χ3v) is 6.26. The first-order valence-electron chi connectivity index (χ1n) is 6.52. The lowest BCUT2D eigenvalue weighted by molar-refractivity contribution is -0.115. The van der Waals surface area contributed by atoms with Crippen LogP contribution < -0.4 is 4.90 Å². The Morgan fingerprint density at radius 1 is 1.14 bits per heavy atom. The van der Waals surface area contributed by atoms with Crippen LogP contribution >= 0.6 is 43.6 Å². The Bertz CT molecular complexity index is 704. The molecule has 0 spiro atoms. The molecule has 1 fully saturated rings. The molecule has 1 amide bonds. The summed E-state index contributed by atoms with van der Waals surface area (Å²) in [6, 6.07) is 14.1. The molecule has 1 aliphatic rings. The fraction of sp³-hybridized carbons (Fsp3) is 0.188. The van der Waals surface area contributed by atoms with E-state index in [0.717, 1.165) is 25.8 Å². The van der Waals surface area contributed by atoms with Crippen LogP contribution in [0.1, 0.15) is 16.5 Å². The van der Waals surface area contributed by atoms with Gasteiger partial charge in [0.1, 0.15) is 5.37 Å². The predicted octanol–water partition coefficient (Wildman–Crippen LogP) is 5.30. The minimum absolute atomic E-state index is 0.0219. The van der Waals surface area contributed by atoms with E-state index in [9.17, 15) is 4.79 Å². The molecular weight excluding hydrogens is 414 g/mol. The van der Waals surface area contributed by atoms with Crippen molar-refractivity contribution < 1.29 is 4.79 Å². The highest BCUT2D eigenvalue weighted by atomic mass is 79.9. The number of carbonyl (C=O) groups excluding carboxylic acids is 1. The van der Waals surface area contributed by atoms with E-state index in [4.69, 9.17) is 0 Å². The number of thioether (sulfide) groups is 1. The van der Waals surface area contributed by atoms with Crippen LogP contribution in [0.25, 0.3) is 0 Å². The Balaban J connectivity index is 2.04. The Labute approximate surface area is 145 Å². The van der Waals surface area contributed by atoms with Crippen molar-refractivity contribution in [2.75, 3.05) is 10.7 Å². The number of anilines is 1. The molecule has 21 heavy (non-hydrogen) atoms. The average molecular weight is 427 g/mol. The van der Waals surface area contributed by atoms with Gasteiger partial charge in [-0.05, 0) is 42.3 Å². The van der Waals surface area contributed by atoms with Gasteiger partial charge >= 0.3 is 0 Å². The molecule has 0 saturated carbocycles. The number of carbonyl (C=O) groups is 1. The fourth-order valence-electron chi connectivity index (χ4n) is 2.39. The number of amides is 1. The molecule has 108 valence electrons. The molecule has 3 rings (SSSR count). The summed E-state index contributed by atoms with van der Waals surface area (Å²) in [5.74, 6) is 0.670. The van der Waals surface area contributed by atoms with Gasteiger partial charge in [0.25, 0.3) is 0 Å². The second-order valence-corrected chi connectivity index (χ2v) is 7.66. The van der Waals surface area contributed by atoms with Gasteiger partial charge in [-0.3, -0.25) is 9.69 Å². The first-order valence-corrected chi connectivity index (χ1v) is 9.15. The lowest BCUT2D eigenvalue weighted by atomic mass is 10.1. The molecule has 5 heteroatoms. The van der Waals surface area contributed by atoms with Crippen molar-refractivity contribution in [2.45, 2.75) is 12.3 Å². The van der Waals surface area contributed by atoms with Crippen LogP contribution in [0.5, 0.6) is 0 Å². The number of benzene rings is 2. The molecule has 2 aromatic rings. The van der Waals surface area contributed by atoms with Crippen molar-refractivity contribution in [3.8, 4) is 0 Å². The predicted molar refractivity (Wildman–Crippen MR) is 95.7 cm³/mol. The zero-order chi connectivity index (χ0) is 15.0. The SMILES string of the molecule is Cc1cc(N2C(=O)CSC2c2ccccc2Br)ccc1Br. The summed E-state index contributed by atoms with van der Waals surface area (Å²) >= 11 is 8.77. The third kappa shape index (κ3) is 2.91. The highest BCUT2D eigenvalue weighted by Gasteiger charge is 2.35. The van der Waals surface area contributed by atoms with E-state index >= 15 is 0 Å². The molecule has 1 saturated heterocycles. The van der Waals surface area contributed by atoms with Crippen molar-refractivity contribution in [3.05, 3.63) is 62.5 Å². The van der Waals surface area contributed by atoms with Gasteiger partial charge in [-0.1, -0.05) is 50.1 Å². The van der Waals surface area contributed by atoms with Crippen molar-refractivity contribution >= 4 is 55.2 Å². The summed E-state index contributed by atoms with van der Waals surface area (Å²) in [6.07, 6.45) is 0. The minimum Gasteiger partial charge on any atom is -0.295 e. The maximum Gasteiger partial charge on any atom is 0.238 e. The largest absolute Gasteiger partial charge is 0.295 e. The summed E-state index contributed by atoms with van der Waals surface area (Å²) in [5, 5.41) is 0.0219.